The Labute approximate surface area is 99.5 Å². The predicted octanol–water partition coefficient (Wildman–Crippen LogP) is 1.89. The maximum atomic E-state index is 11.5. The van der Waals surface area contributed by atoms with E-state index in [1.807, 2.05) is 6.92 Å². The average molecular weight is 325 g/mol. The van der Waals surface area contributed by atoms with Crippen LogP contribution in [0, 0.1) is 0 Å². The van der Waals surface area contributed by atoms with Crippen molar-refractivity contribution in [2.24, 2.45) is 0 Å². The van der Waals surface area contributed by atoms with Crippen molar-refractivity contribution in [3.8, 4) is 0 Å². The molecule has 1 aromatic rings. The predicted molar refractivity (Wildman–Crippen MR) is 60.9 cm³/mol. The number of hydrogen-bond donors (Lipinski definition) is 0. The van der Waals surface area contributed by atoms with Crippen LogP contribution in [-0.4, -0.2) is 34.2 Å². The number of rotatable bonds is 3. The van der Waals surface area contributed by atoms with Gasteiger partial charge in [-0.1, -0.05) is 0 Å². The lowest BCUT2D eigenvalue weighted by molar-refractivity contribution is -0.130. The molecule has 0 atom stereocenters. The molecule has 1 amide bonds. The van der Waals surface area contributed by atoms with Gasteiger partial charge in [-0.25, -0.2) is 4.68 Å². The first-order valence-corrected chi connectivity index (χ1v) is 5.76. The summed E-state index contributed by atoms with van der Waals surface area (Å²) in [6.45, 7) is 2.90. The molecule has 0 unspecified atom stereocenters. The smallest absolute Gasteiger partial charge is 0.244 e. The van der Waals surface area contributed by atoms with E-state index < -0.39 is 0 Å². The van der Waals surface area contributed by atoms with Gasteiger partial charge in [0.25, 0.3) is 0 Å². The molecule has 14 heavy (non-hydrogen) atoms. The van der Waals surface area contributed by atoms with Crippen molar-refractivity contribution < 1.29 is 4.79 Å². The molecule has 0 aliphatic carbocycles. The molecular weight excluding hydrogens is 314 g/mol. The van der Waals surface area contributed by atoms with Crippen molar-refractivity contribution in [2.45, 2.75) is 13.5 Å². The van der Waals surface area contributed by atoms with Crippen LogP contribution >= 0.6 is 31.9 Å². The van der Waals surface area contributed by atoms with E-state index >= 15 is 0 Å². The number of nitrogens with zero attached hydrogens (tertiary/aromatic N) is 3. The quantitative estimate of drug-likeness (QED) is 0.851. The van der Waals surface area contributed by atoms with E-state index in [4.69, 9.17) is 0 Å². The summed E-state index contributed by atoms with van der Waals surface area (Å²) in [5, 5.41) is 4.11. The van der Waals surface area contributed by atoms with E-state index in [2.05, 4.69) is 37.0 Å². The van der Waals surface area contributed by atoms with Crippen LogP contribution in [-0.2, 0) is 11.3 Å². The molecule has 0 aliphatic rings. The molecule has 0 fully saturated rings. The molecular formula is C8H11Br2N3O. The lowest BCUT2D eigenvalue weighted by Gasteiger charge is -2.14. The number of likely N-dealkylation sites (N-methyl/N-ethyl adjacent to an activating group) is 1. The number of amides is 1. The third-order valence-electron chi connectivity index (χ3n) is 1.89. The fraction of sp³-hybridized carbons (Fsp3) is 0.500. The normalized spacial score (nSPS) is 10.3. The van der Waals surface area contributed by atoms with E-state index in [1.165, 1.54) is 0 Å². The maximum absolute atomic E-state index is 11.5. The number of carbonyl (C=O) groups excluding carboxylic acids is 1. The van der Waals surface area contributed by atoms with Crippen LogP contribution in [0.3, 0.4) is 0 Å². The number of aromatic nitrogens is 2. The van der Waals surface area contributed by atoms with E-state index in [1.54, 1.807) is 22.7 Å². The molecule has 6 heteroatoms. The zero-order valence-corrected chi connectivity index (χ0v) is 11.2. The summed E-state index contributed by atoms with van der Waals surface area (Å²) in [7, 11) is 1.77. The van der Waals surface area contributed by atoms with E-state index in [9.17, 15) is 4.79 Å². The summed E-state index contributed by atoms with van der Waals surface area (Å²) >= 11 is 6.56. The second-order valence-corrected chi connectivity index (χ2v) is 4.48. The van der Waals surface area contributed by atoms with Crippen LogP contribution in [0.2, 0.25) is 0 Å². The second-order valence-electron chi connectivity index (χ2n) is 2.86. The Morgan fingerprint density at radius 3 is 2.71 bits per heavy atom. The zero-order valence-electron chi connectivity index (χ0n) is 8.00. The highest BCUT2D eigenvalue weighted by Gasteiger charge is 2.10. The minimum atomic E-state index is 0.0452. The van der Waals surface area contributed by atoms with Gasteiger partial charge in [-0.05, 0) is 38.8 Å². The standard InChI is InChI=1S/C8H11Br2N3O/c1-3-12(2)8(14)5-13-7(10)4-6(9)11-13/h4H,3,5H2,1-2H3. The number of halogens is 2. The summed E-state index contributed by atoms with van der Waals surface area (Å²) in [6, 6.07) is 1.80. The van der Waals surface area contributed by atoms with Crippen LogP contribution in [0.5, 0.6) is 0 Å². The molecule has 1 heterocycles. The van der Waals surface area contributed by atoms with Crippen LogP contribution < -0.4 is 0 Å². The first kappa shape index (κ1) is 11.7. The minimum Gasteiger partial charge on any atom is -0.344 e. The molecule has 0 spiro atoms. The maximum Gasteiger partial charge on any atom is 0.244 e. The van der Waals surface area contributed by atoms with Gasteiger partial charge in [-0.2, -0.15) is 5.10 Å². The van der Waals surface area contributed by atoms with Crippen molar-refractivity contribution >= 4 is 37.8 Å². The number of carbonyl (C=O) groups is 1. The zero-order chi connectivity index (χ0) is 10.7. The van der Waals surface area contributed by atoms with E-state index in [0.29, 0.717) is 6.54 Å². The Balaban J connectivity index is 2.69. The first-order valence-electron chi connectivity index (χ1n) is 4.17. The summed E-state index contributed by atoms with van der Waals surface area (Å²) < 4.78 is 3.12. The summed E-state index contributed by atoms with van der Waals surface area (Å²) in [5.74, 6) is 0.0452. The van der Waals surface area contributed by atoms with Crippen LogP contribution in [0.25, 0.3) is 0 Å². The third-order valence-corrected chi connectivity index (χ3v) is 2.91. The molecule has 78 valence electrons. The lowest BCUT2D eigenvalue weighted by atomic mass is 10.5. The highest BCUT2D eigenvalue weighted by atomic mass is 79.9. The molecule has 0 radical (unpaired) electrons. The molecule has 0 saturated carbocycles. The summed E-state index contributed by atoms with van der Waals surface area (Å²) in [4.78, 5) is 13.2. The Morgan fingerprint density at radius 2 is 2.29 bits per heavy atom. The van der Waals surface area contributed by atoms with Crippen molar-refractivity contribution in [1.29, 1.82) is 0 Å². The largest absolute Gasteiger partial charge is 0.344 e. The fourth-order valence-electron chi connectivity index (χ4n) is 0.901. The van der Waals surface area contributed by atoms with Gasteiger partial charge in [0.05, 0.1) is 0 Å². The van der Waals surface area contributed by atoms with Gasteiger partial charge in [-0.3, -0.25) is 4.79 Å². The van der Waals surface area contributed by atoms with E-state index in [0.717, 1.165) is 9.21 Å². The minimum absolute atomic E-state index is 0.0452. The monoisotopic (exact) mass is 323 g/mol. The van der Waals surface area contributed by atoms with Crippen molar-refractivity contribution in [3.05, 3.63) is 15.3 Å². The molecule has 4 nitrogen and oxygen atoms in total. The Hall–Kier alpha value is -0.360. The molecule has 0 N–H and O–H groups in total. The van der Waals surface area contributed by atoms with Gasteiger partial charge in [0, 0.05) is 19.7 Å². The van der Waals surface area contributed by atoms with Crippen molar-refractivity contribution in [1.82, 2.24) is 14.7 Å². The molecule has 0 aromatic carbocycles. The van der Waals surface area contributed by atoms with Gasteiger partial charge in [0.2, 0.25) is 5.91 Å². The van der Waals surface area contributed by atoms with Gasteiger partial charge >= 0.3 is 0 Å². The molecule has 1 aromatic heterocycles. The van der Waals surface area contributed by atoms with Gasteiger partial charge in [0.1, 0.15) is 15.8 Å². The van der Waals surface area contributed by atoms with Gasteiger partial charge in [-0.15, -0.1) is 0 Å². The highest BCUT2D eigenvalue weighted by Crippen LogP contribution is 2.16. The fourth-order valence-corrected chi connectivity index (χ4v) is 2.04. The molecule has 0 bridgehead atoms. The first-order chi connectivity index (χ1) is 6.54. The van der Waals surface area contributed by atoms with Crippen LogP contribution in [0.4, 0.5) is 0 Å². The Morgan fingerprint density at radius 1 is 1.64 bits per heavy atom. The van der Waals surface area contributed by atoms with Gasteiger partial charge in [0.15, 0.2) is 0 Å². The van der Waals surface area contributed by atoms with E-state index in [-0.39, 0.29) is 12.5 Å². The molecule has 0 saturated heterocycles. The van der Waals surface area contributed by atoms with Crippen molar-refractivity contribution in [3.63, 3.8) is 0 Å². The van der Waals surface area contributed by atoms with Crippen molar-refractivity contribution in [2.75, 3.05) is 13.6 Å². The SMILES string of the molecule is CCN(C)C(=O)Cn1nc(Br)cc1Br. The van der Waals surface area contributed by atoms with Crippen LogP contribution in [0.15, 0.2) is 15.3 Å². The van der Waals surface area contributed by atoms with Crippen LogP contribution in [0.1, 0.15) is 6.92 Å². The average Bonchev–Trinajstić information content (AvgIpc) is 2.44. The molecule has 0 aliphatic heterocycles. The lowest BCUT2D eigenvalue weighted by Crippen LogP contribution is -2.30. The number of hydrogen-bond acceptors (Lipinski definition) is 2. The Kier molecular flexibility index (Phi) is 4.12. The van der Waals surface area contributed by atoms with Gasteiger partial charge < -0.3 is 4.90 Å². The summed E-state index contributed by atoms with van der Waals surface area (Å²) in [6.07, 6.45) is 0. The topological polar surface area (TPSA) is 38.1 Å². The second kappa shape index (κ2) is 4.93. The molecule has 1 rings (SSSR count). The third kappa shape index (κ3) is 2.81. The summed E-state index contributed by atoms with van der Waals surface area (Å²) in [5.41, 5.74) is 0. The Bertz CT molecular complexity index is 337. The highest BCUT2D eigenvalue weighted by molar-refractivity contribution is 9.11.